The van der Waals surface area contributed by atoms with Gasteiger partial charge < -0.3 is 10.3 Å². The first-order valence-corrected chi connectivity index (χ1v) is 6.08. The van der Waals surface area contributed by atoms with E-state index in [1.165, 1.54) is 5.70 Å². The summed E-state index contributed by atoms with van der Waals surface area (Å²) in [5.41, 5.74) is 4.57. The van der Waals surface area contributed by atoms with Crippen LogP contribution in [0.4, 0.5) is 0 Å². The molecule has 0 radical (unpaired) electrons. The van der Waals surface area contributed by atoms with E-state index in [0.29, 0.717) is 0 Å². The minimum absolute atomic E-state index is 1.00. The second-order valence-corrected chi connectivity index (χ2v) is 2.94. The highest BCUT2D eigenvalue weighted by Crippen LogP contribution is 2.05. The lowest BCUT2D eigenvalue weighted by Crippen LogP contribution is -2.38. The Kier molecular flexibility index (Phi) is 15.1. The molecule has 3 heteroatoms. The normalized spacial score (nSPS) is 10.7. The molecular weight excluding hydrogens is 186 g/mol. The summed E-state index contributed by atoms with van der Waals surface area (Å²) in [5, 5.41) is 5.34. The van der Waals surface area contributed by atoms with Gasteiger partial charge in [-0.1, -0.05) is 33.8 Å². The summed E-state index contributed by atoms with van der Waals surface area (Å²) in [4.78, 5) is 0. The molecule has 0 rings (SSSR count). The summed E-state index contributed by atoms with van der Waals surface area (Å²) in [7, 11) is 3.94. The van der Waals surface area contributed by atoms with E-state index in [-0.39, 0.29) is 0 Å². The zero-order chi connectivity index (χ0) is 12.1. The van der Waals surface area contributed by atoms with Crippen LogP contribution in [0.1, 0.15) is 40.5 Å². The molecule has 0 aromatic rings. The molecule has 0 aromatic carbocycles. The van der Waals surface area contributed by atoms with E-state index < -0.39 is 0 Å². The molecule has 2 N–H and O–H groups in total. The van der Waals surface area contributed by atoms with Crippen LogP contribution in [0.15, 0.2) is 11.8 Å². The fraction of sp³-hybridized carbons (Fsp3) is 0.833. The Morgan fingerprint density at radius 2 is 1.80 bits per heavy atom. The lowest BCUT2D eigenvalue weighted by molar-refractivity contribution is 0.264. The largest absolute Gasteiger partial charge is 0.318 e. The fourth-order valence-electron chi connectivity index (χ4n) is 1.30. The third-order valence-corrected chi connectivity index (χ3v) is 2.00. The highest BCUT2D eigenvalue weighted by atomic mass is 15.5. The van der Waals surface area contributed by atoms with E-state index in [9.17, 15) is 0 Å². The third-order valence-electron chi connectivity index (χ3n) is 2.00. The Labute approximate surface area is 95.9 Å². The molecule has 15 heavy (non-hydrogen) atoms. The Morgan fingerprint density at radius 3 is 2.13 bits per heavy atom. The number of rotatable bonds is 7. The van der Waals surface area contributed by atoms with Gasteiger partial charge in [-0.2, -0.15) is 0 Å². The van der Waals surface area contributed by atoms with Gasteiger partial charge in [0.1, 0.15) is 0 Å². The van der Waals surface area contributed by atoms with Gasteiger partial charge >= 0.3 is 0 Å². The van der Waals surface area contributed by atoms with Crippen LogP contribution in [0.25, 0.3) is 0 Å². The predicted octanol–water partition coefficient (Wildman–Crippen LogP) is 2.37. The van der Waals surface area contributed by atoms with Gasteiger partial charge in [-0.3, -0.25) is 0 Å². The number of nitrogens with zero attached hydrogens (tertiary/aromatic N) is 1. The second-order valence-electron chi connectivity index (χ2n) is 2.94. The zero-order valence-corrected chi connectivity index (χ0v) is 11.4. The maximum atomic E-state index is 3.20. The molecule has 0 fully saturated rings. The van der Waals surface area contributed by atoms with Gasteiger partial charge in [0.05, 0.1) is 0 Å². The summed E-state index contributed by atoms with van der Waals surface area (Å²) >= 11 is 0. The Balaban J connectivity index is 0. The van der Waals surface area contributed by atoms with Crippen molar-refractivity contribution in [3.05, 3.63) is 11.8 Å². The Morgan fingerprint density at radius 1 is 1.20 bits per heavy atom. The molecule has 0 atom stereocenters. The average Bonchev–Trinajstić information content (AvgIpc) is 2.31. The van der Waals surface area contributed by atoms with Crippen molar-refractivity contribution in [3.63, 3.8) is 0 Å². The summed E-state index contributed by atoms with van der Waals surface area (Å²) in [6.07, 6.45) is 4.45. The summed E-state index contributed by atoms with van der Waals surface area (Å²) < 4.78 is 0. The number of hydrogen-bond acceptors (Lipinski definition) is 3. The first kappa shape index (κ1) is 16.9. The molecule has 0 aliphatic rings. The van der Waals surface area contributed by atoms with Gasteiger partial charge in [0.2, 0.25) is 0 Å². The third kappa shape index (κ3) is 8.45. The van der Waals surface area contributed by atoms with Gasteiger partial charge in [0, 0.05) is 25.8 Å². The lowest BCUT2D eigenvalue weighted by Gasteiger charge is -2.25. The average molecular weight is 215 g/mol. The molecule has 0 unspecified atom stereocenters. The van der Waals surface area contributed by atoms with Crippen LogP contribution in [0, 0.1) is 0 Å². The molecule has 0 heterocycles. The number of allylic oxidation sites excluding steroid dienone is 2. The van der Waals surface area contributed by atoms with Crippen LogP contribution < -0.4 is 10.7 Å². The van der Waals surface area contributed by atoms with Crippen molar-refractivity contribution in [2.24, 2.45) is 0 Å². The van der Waals surface area contributed by atoms with Gasteiger partial charge in [-0.05, 0) is 19.9 Å². The number of likely N-dealkylation sites (N-methyl/N-ethyl adjacent to an activating group) is 1. The predicted molar refractivity (Wildman–Crippen MR) is 69.7 cm³/mol. The van der Waals surface area contributed by atoms with Crippen LogP contribution >= 0.6 is 0 Å². The van der Waals surface area contributed by atoms with Crippen molar-refractivity contribution < 1.29 is 0 Å². The van der Waals surface area contributed by atoms with E-state index in [1.54, 1.807) is 0 Å². The Bertz CT molecular complexity index is 144. The molecule has 0 aliphatic carbocycles. The summed E-state index contributed by atoms with van der Waals surface area (Å²) in [6.45, 7) is 10.4. The van der Waals surface area contributed by atoms with E-state index >= 15 is 0 Å². The molecule has 0 saturated heterocycles. The van der Waals surface area contributed by atoms with Crippen molar-refractivity contribution in [2.45, 2.75) is 40.5 Å². The SMILES string of the molecule is CC.CC/C=C(/CC)N(CCNC)NC. The van der Waals surface area contributed by atoms with Crippen LogP contribution in [0.3, 0.4) is 0 Å². The van der Waals surface area contributed by atoms with Gasteiger partial charge in [0.25, 0.3) is 0 Å². The van der Waals surface area contributed by atoms with Crippen molar-refractivity contribution in [3.8, 4) is 0 Å². The van der Waals surface area contributed by atoms with Gasteiger partial charge in [0.15, 0.2) is 0 Å². The lowest BCUT2D eigenvalue weighted by atomic mass is 10.2. The van der Waals surface area contributed by atoms with Gasteiger partial charge in [-0.25, -0.2) is 5.43 Å². The molecule has 0 aromatic heterocycles. The van der Waals surface area contributed by atoms with Crippen molar-refractivity contribution in [1.82, 2.24) is 15.8 Å². The standard InChI is InChI=1S/C10H23N3.C2H6/c1-5-7-10(6-2)13(12-4)9-8-11-3;1-2/h7,11-12H,5-6,8-9H2,1-4H3;1-2H3/b10-7-;. The monoisotopic (exact) mass is 215 g/mol. The van der Waals surface area contributed by atoms with Crippen molar-refractivity contribution >= 4 is 0 Å². The number of hydrogen-bond donors (Lipinski definition) is 2. The quantitative estimate of drug-likeness (QED) is 0.639. The molecule has 3 nitrogen and oxygen atoms in total. The number of hydrazine groups is 1. The van der Waals surface area contributed by atoms with E-state index in [2.05, 4.69) is 35.7 Å². The van der Waals surface area contributed by atoms with Crippen LogP contribution in [-0.4, -0.2) is 32.2 Å². The zero-order valence-electron chi connectivity index (χ0n) is 11.4. The van der Waals surface area contributed by atoms with E-state index in [1.807, 2.05) is 27.9 Å². The molecule has 0 spiro atoms. The maximum absolute atomic E-state index is 3.20. The maximum Gasteiger partial charge on any atom is 0.0465 e. The Hall–Kier alpha value is -0.540. The van der Waals surface area contributed by atoms with Crippen molar-refractivity contribution in [2.75, 3.05) is 27.2 Å². The highest BCUT2D eigenvalue weighted by Gasteiger charge is 2.03. The van der Waals surface area contributed by atoms with Crippen LogP contribution in [-0.2, 0) is 0 Å². The summed E-state index contributed by atoms with van der Waals surface area (Å²) in [6, 6.07) is 0. The first-order valence-electron chi connectivity index (χ1n) is 6.08. The van der Waals surface area contributed by atoms with E-state index in [0.717, 1.165) is 25.9 Å². The minimum atomic E-state index is 1.00. The van der Waals surface area contributed by atoms with E-state index in [4.69, 9.17) is 0 Å². The molecule has 0 bridgehead atoms. The summed E-state index contributed by atoms with van der Waals surface area (Å²) in [5.74, 6) is 0. The molecule has 92 valence electrons. The molecule has 0 saturated carbocycles. The smallest absolute Gasteiger partial charge is 0.0465 e. The fourth-order valence-corrected chi connectivity index (χ4v) is 1.30. The molecular formula is C12H29N3. The van der Waals surface area contributed by atoms with Crippen LogP contribution in [0.5, 0.6) is 0 Å². The second kappa shape index (κ2) is 13.5. The van der Waals surface area contributed by atoms with Crippen LogP contribution in [0.2, 0.25) is 0 Å². The highest BCUT2D eigenvalue weighted by molar-refractivity contribution is 4.98. The molecule has 0 aliphatic heterocycles. The van der Waals surface area contributed by atoms with Crippen molar-refractivity contribution in [1.29, 1.82) is 0 Å². The first-order chi connectivity index (χ1) is 7.29. The van der Waals surface area contributed by atoms with Gasteiger partial charge in [-0.15, -0.1) is 0 Å². The topological polar surface area (TPSA) is 27.3 Å². The molecule has 0 amide bonds. The minimum Gasteiger partial charge on any atom is -0.318 e. The number of nitrogens with one attached hydrogen (secondary N) is 2.